The predicted molar refractivity (Wildman–Crippen MR) is 120 cm³/mol. The Morgan fingerprint density at radius 3 is 2.24 bits per heavy atom. The average molecular weight is 478 g/mol. The van der Waals surface area contributed by atoms with Crippen LogP contribution in [0.5, 0.6) is 11.5 Å². The predicted octanol–water partition coefficient (Wildman–Crippen LogP) is 5.88. The second-order valence-electron chi connectivity index (χ2n) is 8.55. The zero-order valence-corrected chi connectivity index (χ0v) is 19.4. The van der Waals surface area contributed by atoms with Crippen molar-refractivity contribution in [3.8, 4) is 11.5 Å². The fourth-order valence-electron chi connectivity index (χ4n) is 3.21. The lowest BCUT2D eigenvalue weighted by Gasteiger charge is -2.21. The van der Waals surface area contributed by atoms with Crippen LogP contribution in [0.25, 0.3) is 10.9 Å². The van der Waals surface area contributed by atoms with Gasteiger partial charge in [-0.15, -0.1) is 13.2 Å². The molecular formula is C24H25F3N2O5. The van der Waals surface area contributed by atoms with E-state index in [4.69, 9.17) is 9.47 Å². The number of halogens is 3. The Balaban J connectivity index is 1.96. The smallest absolute Gasteiger partial charge is 0.487 e. The maximum atomic E-state index is 12.9. The second-order valence-corrected chi connectivity index (χ2v) is 8.55. The Kier molecular flexibility index (Phi) is 6.81. The molecular weight excluding hydrogens is 453 g/mol. The quantitative estimate of drug-likeness (QED) is 0.458. The molecule has 1 aromatic heterocycles. The molecule has 3 rings (SSSR count). The number of hydrogen-bond donors (Lipinski definition) is 0. The fraction of sp³-hybridized carbons (Fsp3) is 0.333. The number of nitrogens with zero attached hydrogens (tertiary/aromatic N) is 2. The van der Waals surface area contributed by atoms with Gasteiger partial charge in [0.15, 0.2) is 0 Å². The molecule has 34 heavy (non-hydrogen) atoms. The van der Waals surface area contributed by atoms with Gasteiger partial charge in [0, 0.05) is 25.0 Å². The van der Waals surface area contributed by atoms with Crippen LogP contribution in [0.1, 0.15) is 33.4 Å². The Hall–Kier alpha value is -3.69. The zero-order chi connectivity index (χ0) is 25.3. The Morgan fingerprint density at radius 1 is 1.03 bits per heavy atom. The summed E-state index contributed by atoms with van der Waals surface area (Å²) in [5.74, 6) is -0.133. The lowest BCUT2D eigenvalue weighted by atomic mass is 10.2. The van der Waals surface area contributed by atoms with Crippen LogP contribution in [0.2, 0.25) is 0 Å². The van der Waals surface area contributed by atoms with Gasteiger partial charge in [-0.25, -0.2) is 9.36 Å². The minimum absolute atomic E-state index is 0.0858. The van der Waals surface area contributed by atoms with E-state index >= 15 is 0 Å². The number of rotatable bonds is 5. The van der Waals surface area contributed by atoms with Crippen LogP contribution in [0.4, 0.5) is 23.7 Å². The van der Waals surface area contributed by atoms with Gasteiger partial charge in [0.25, 0.3) is 0 Å². The van der Waals surface area contributed by atoms with Gasteiger partial charge in [-0.05, 0) is 63.2 Å². The number of aromatic nitrogens is 1. The van der Waals surface area contributed by atoms with Crippen molar-refractivity contribution in [3.63, 3.8) is 0 Å². The van der Waals surface area contributed by atoms with Crippen molar-refractivity contribution >= 4 is 28.6 Å². The topological polar surface area (TPSA) is 70.0 Å². The molecule has 0 fully saturated rings. The molecule has 0 unspecified atom stereocenters. The zero-order valence-electron chi connectivity index (χ0n) is 19.4. The van der Waals surface area contributed by atoms with Crippen LogP contribution in [-0.2, 0) is 16.1 Å². The highest BCUT2D eigenvalue weighted by Crippen LogP contribution is 2.34. The summed E-state index contributed by atoms with van der Waals surface area (Å²) in [6.45, 7) is 6.36. The first-order valence-corrected chi connectivity index (χ1v) is 10.3. The molecule has 0 saturated carbocycles. The maximum absolute atomic E-state index is 12.9. The van der Waals surface area contributed by atoms with Crippen molar-refractivity contribution in [2.75, 3.05) is 11.9 Å². The normalized spacial score (nSPS) is 11.9. The lowest BCUT2D eigenvalue weighted by molar-refractivity contribution is -0.274. The lowest BCUT2D eigenvalue weighted by Crippen LogP contribution is -2.28. The molecule has 0 bridgehead atoms. The van der Waals surface area contributed by atoms with E-state index in [2.05, 4.69) is 4.74 Å². The molecule has 0 atom stereocenters. The van der Waals surface area contributed by atoms with Crippen molar-refractivity contribution in [1.29, 1.82) is 0 Å². The molecule has 1 amide bonds. The van der Waals surface area contributed by atoms with Gasteiger partial charge in [0.05, 0.1) is 11.2 Å². The van der Waals surface area contributed by atoms with E-state index in [-0.39, 0.29) is 29.1 Å². The third-order valence-electron chi connectivity index (χ3n) is 4.77. The first-order valence-electron chi connectivity index (χ1n) is 10.3. The van der Waals surface area contributed by atoms with Crippen LogP contribution in [0.3, 0.4) is 0 Å². The summed E-state index contributed by atoms with van der Waals surface area (Å²) in [7, 11) is 1.64. The molecule has 3 aromatic rings. The molecule has 10 heteroatoms. The minimum atomic E-state index is -4.90. The van der Waals surface area contributed by atoms with E-state index in [1.54, 1.807) is 52.1 Å². The van der Waals surface area contributed by atoms with Crippen molar-refractivity contribution in [3.05, 3.63) is 54.2 Å². The molecule has 0 aliphatic heterocycles. The highest BCUT2D eigenvalue weighted by atomic mass is 19.4. The van der Waals surface area contributed by atoms with Crippen LogP contribution in [-0.4, -0.2) is 35.6 Å². The molecule has 0 aliphatic rings. The largest absolute Gasteiger partial charge is 0.573 e. The summed E-state index contributed by atoms with van der Waals surface area (Å²) in [5.41, 5.74) is 0.293. The van der Waals surface area contributed by atoms with Crippen LogP contribution in [0, 0.1) is 0 Å². The molecule has 0 N–H and O–H groups in total. The number of ether oxygens (including phenoxy) is 3. The van der Waals surface area contributed by atoms with E-state index < -0.39 is 23.8 Å². The Morgan fingerprint density at radius 2 is 1.68 bits per heavy atom. The van der Waals surface area contributed by atoms with Gasteiger partial charge in [0.1, 0.15) is 23.7 Å². The first kappa shape index (κ1) is 24.9. The number of amides is 1. The third-order valence-corrected chi connectivity index (χ3v) is 4.77. The van der Waals surface area contributed by atoms with Gasteiger partial charge in [-0.3, -0.25) is 4.79 Å². The molecule has 0 saturated heterocycles. The SMILES string of the molecule is CC(=O)N(C)c1ccc(OCc2cc3c(OC(F)(F)F)cccc3n2C(=O)OC(C)(C)C)cc1. The molecule has 0 aliphatic carbocycles. The van der Waals surface area contributed by atoms with Gasteiger partial charge >= 0.3 is 12.5 Å². The number of alkyl halides is 3. The standard InChI is InChI=1S/C24H25F3N2O5/c1-15(30)28(5)16-9-11-18(12-10-16)32-14-17-13-19-20(29(17)22(31)34-23(2,3)4)7-6-8-21(19)33-24(25,26)27/h6-13H,14H2,1-5H3. The van der Waals surface area contributed by atoms with Crippen LogP contribution < -0.4 is 14.4 Å². The van der Waals surface area contributed by atoms with E-state index in [9.17, 15) is 22.8 Å². The van der Waals surface area contributed by atoms with Crippen molar-refractivity contribution in [1.82, 2.24) is 4.57 Å². The van der Waals surface area contributed by atoms with Crippen molar-refractivity contribution in [2.45, 2.75) is 46.3 Å². The summed E-state index contributed by atoms with van der Waals surface area (Å²) in [6.07, 6.45) is -5.66. The van der Waals surface area contributed by atoms with Gasteiger partial charge in [-0.1, -0.05) is 6.07 Å². The van der Waals surface area contributed by atoms with Crippen molar-refractivity contribution in [2.24, 2.45) is 0 Å². The summed E-state index contributed by atoms with van der Waals surface area (Å²) >= 11 is 0. The van der Waals surface area contributed by atoms with Gasteiger partial charge in [0.2, 0.25) is 5.91 Å². The minimum Gasteiger partial charge on any atom is -0.487 e. The number of carbonyl (C=O) groups excluding carboxylic acids is 2. The highest BCUT2D eigenvalue weighted by molar-refractivity contribution is 5.94. The molecule has 2 aromatic carbocycles. The highest BCUT2D eigenvalue weighted by Gasteiger charge is 2.33. The molecule has 0 radical (unpaired) electrons. The molecule has 1 heterocycles. The summed E-state index contributed by atoms with van der Waals surface area (Å²) in [5, 5.41) is 0.0858. The van der Waals surface area contributed by atoms with Gasteiger partial charge < -0.3 is 19.1 Å². The third kappa shape index (κ3) is 6.00. The van der Waals surface area contributed by atoms with E-state index in [0.29, 0.717) is 11.4 Å². The first-order chi connectivity index (χ1) is 15.7. The van der Waals surface area contributed by atoms with E-state index in [1.165, 1.54) is 40.7 Å². The number of benzene rings is 2. The van der Waals surface area contributed by atoms with Crippen molar-refractivity contribution < 1.29 is 37.0 Å². The molecule has 7 nitrogen and oxygen atoms in total. The number of fused-ring (bicyclic) bond motifs is 1. The van der Waals surface area contributed by atoms with Crippen LogP contribution >= 0.6 is 0 Å². The fourth-order valence-corrected chi connectivity index (χ4v) is 3.21. The monoisotopic (exact) mass is 478 g/mol. The second kappa shape index (κ2) is 9.28. The number of anilines is 1. The number of carbonyl (C=O) groups is 2. The summed E-state index contributed by atoms with van der Waals surface area (Å²) in [4.78, 5) is 25.9. The maximum Gasteiger partial charge on any atom is 0.573 e. The van der Waals surface area contributed by atoms with Gasteiger partial charge in [-0.2, -0.15) is 0 Å². The summed E-state index contributed by atoms with van der Waals surface area (Å²) in [6, 6.07) is 12.1. The Bertz CT molecular complexity index is 1190. The molecule has 182 valence electrons. The summed E-state index contributed by atoms with van der Waals surface area (Å²) < 4.78 is 55.2. The van der Waals surface area contributed by atoms with Crippen LogP contribution in [0.15, 0.2) is 48.5 Å². The Labute approximate surface area is 194 Å². The molecule has 0 spiro atoms. The van der Waals surface area contributed by atoms with E-state index in [1.807, 2.05) is 0 Å². The number of hydrogen-bond acceptors (Lipinski definition) is 5. The average Bonchev–Trinajstić information content (AvgIpc) is 3.09. The van der Waals surface area contributed by atoms with E-state index in [0.717, 1.165) is 0 Å².